The van der Waals surface area contributed by atoms with E-state index in [1.54, 1.807) is 0 Å². The summed E-state index contributed by atoms with van der Waals surface area (Å²) in [6, 6.07) is 10.5. The SMILES string of the molecule is CC(C)=Pc1ccccc1. The lowest BCUT2D eigenvalue weighted by Gasteiger charge is -1.90. The van der Waals surface area contributed by atoms with E-state index in [0.717, 1.165) is 0 Å². The van der Waals surface area contributed by atoms with Crippen LogP contribution in [0, 0.1) is 0 Å². The van der Waals surface area contributed by atoms with E-state index < -0.39 is 0 Å². The maximum atomic E-state index is 2.15. The molecule has 0 aliphatic rings. The summed E-state index contributed by atoms with van der Waals surface area (Å²) in [5.74, 6) is 0. The van der Waals surface area contributed by atoms with E-state index in [0.29, 0.717) is 0 Å². The molecular formula is C9H11P. The minimum atomic E-state index is 1.35. The fourth-order valence-electron chi connectivity index (χ4n) is 0.761. The molecule has 1 aromatic rings. The van der Waals surface area contributed by atoms with Crippen molar-refractivity contribution in [2.24, 2.45) is 0 Å². The van der Waals surface area contributed by atoms with Crippen LogP contribution >= 0.6 is 8.20 Å². The molecule has 0 aromatic heterocycles. The van der Waals surface area contributed by atoms with E-state index in [4.69, 9.17) is 0 Å². The minimum absolute atomic E-state index is 1.35. The van der Waals surface area contributed by atoms with Crippen LogP contribution in [0.5, 0.6) is 0 Å². The molecule has 0 aliphatic carbocycles. The molecule has 10 heavy (non-hydrogen) atoms. The number of hydrogen-bond donors (Lipinski definition) is 0. The molecule has 0 saturated heterocycles. The highest BCUT2D eigenvalue weighted by Gasteiger charge is 1.83. The molecule has 0 aliphatic heterocycles. The van der Waals surface area contributed by atoms with Crippen molar-refractivity contribution in [2.75, 3.05) is 0 Å². The summed E-state index contributed by atoms with van der Waals surface area (Å²) < 4.78 is 0. The van der Waals surface area contributed by atoms with Gasteiger partial charge in [0.2, 0.25) is 0 Å². The second kappa shape index (κ2) is 3.53. The van der Waals surface area contributed by atoms with Crippen molar-refractivity contribution >= 4 is 18.8 Å². The van der Waals surface area contributed by atoms with Crippen LogP contribution in [-0.2, 0) is 0 Å². The van der Waals surface area contributed by atoms with Crippen molar-refractivity contribution in [3.8, 4) is 0 Å². The van der Waals surface area contributed by atoms with Gasteiger partial charge in [0.1, 0.15) is 0 Å². The molecule has 0 saturated carbocycles. The summed E-state index contributed by atoms with van der Waals surface area (Å²) in [4.78, 5) is 0. The predicted octanol–water partition coefficient (Wildman–Crippen LogP) is 2.47. The molecule has 0 radical (unpaired) electrons. The van der Waals surface area contributed by atoms with Crippen molar-refractivity contribution in [3.05, 3.63) is 30.3 Å². The highest BCUT2D eigenvalue weighted by molar-refractivity contribution is 7.48. The molecule has 0 atom stereocenters. The van der Waals surface area contributed by atoms with Gasteiger partial charge >= 0.3 is 0 Å². The lowest BCUT2D eigenvalue weighted by molar-refractivity contribution is 1.78. The van der Waals surface area contributed by atoms with Crippen molar-refractivity contribution < 1.29 is 0 Å². The van der Waals surface area contributed by atoms with E-state index >= 15 is 0 Å². The molecule has 0 nitrogen and oxygen atoms in total. The average molecular weight is 150 g/mol. The van der Waals surface area contributed by atoms with Gasteiger partial charge in [-0.2, -0.15) is 0 Å². The number of hydrogen-bond acceptors (Lipinski definition) is 0. The van der Waals surface area contributed by atoms with Crippen molar-refractivity contribution in [3.63, 3.8) is 0 Å². The Morgan fingerprint density at radius 1 is 1.10 bits per heavy atom. The van der Waals surface area contributed by atoms with Crippen LogP contribution < -0.4 is 5.30 Å². The van der Waals surface area contributed by atoms with Crippen LogP contribution in [-0.4, -0.2) is 5.29 Å². The second-order valence-corrected chi connectivity index (χ2v) is 4.03. The maximum absolute atomic E-state index is 2.15. The zero-order chi connectivity index (χ0) is 7.40. The lowest BCUT2D eigenvalue weighted by Crippen LogP contribution is -1.89. The van der Waals surface area contributed by atoms with Gasteiger partial charge in [0.15, 0.2) is 0 Å². The lowest BCUT2D eigenvalue weighted by atomic mass is 10.4. The molecule has 1 aromatic carbocycles. The van der Waals surface area contributed by atoms with Gasteiger partial charge in [-0.1, -0.05) is 38.5 Å². The molecule has 0 fully saturated rings. The maximum Gasteiger partial charge on any atom is 0.00170 e. The van der Waals surface area contributed by atoms with Crippen LogP contribution in [0.15, 0.2) is 30.3 Å². The van der Waals surface area contributed by atoms with Gasteiger partial charge in [-0.05, 0) is 19.1 Å². The average Bonchev–Trinajstić information content (AvgIpc) is 1.88. The van der Waals surface area contributed by atoms with Crippen molar-refractivity contribution in [2.45, 2.75) is 13.8 Å². The van der Waals surface area contributed by atoms with Gasteiger partial charge in [-0.25, -0.2) is 0 Å². The van der Waals surface area contributed by atoms with E-state index in [-0.39, 0.29) is 0 Å². The van der Waals surface area contributed by atoms with Gasteiger partial charge in [-0.15, -0.1) is 0 Å². The first kappa shape index (κ1) is 7.50. The highest BCUT2D eigenvalue weighted by atomic mass is 31.1. The quantitative estimate of drug-likeness (QED) is 0.539. The Morgan fingerprint density at radius 3 is 2.20 bits per heavy atom. The molecule has 1 rings (SSSR count). The topological polar surface area (TPSA) is 0 Å². The van der Waals surface area contributed by atoms with Gasteiger partial charge in [-0.3, -0.25) is 0 Å². The largest absolute Gasteiger partial charge is 0.0699 e. The molecule has 52 valence electrons. The first-order valence-corrected chi connectivity index (χ1v) is 4.25. The zero-order valence-corrected chi connectivity index (χ0v) is 7.23. The molecule has 0 heterocycles. The van der Waals surface area contributed by atoms with Crippen LogP contribution in [0.4, 0.5) is 0 Å². The van der Waals surface area contributed by atoms with Crippen LogP contribution in [0.25, 0.3) is 0 Å². The third-order valence-corrected chi connectivity index (χ3v) is 2.11. The number of rotatable bonds is 1. The Morgan fingerprint density at radius 2 is 1.70 bits per heavy atom. The molecule has 1 heteroatoms. The summed E-state index contributed by atoms with van der Waals surface area (Å²) in [5.41, 5.74) is 0. The van der Waals surface area contributed by atoms with E-state index in [9.17, 15) is 0 Å². The summed E-state index contributed by atoms with van der Waals surface area (Å²) in [6.45, 7) is 4.29. The highest BCUT2D eigenvalue weighted by Crippen LogP contribution is 1.99. The molecule has 0 N–H and O–H groups in total. The molecular weight excluding hydrogens is 139 g/mol. The fourth-order valence-corrected chi connectivity index (χ4v) is 1.60. The summed E-state index contributed by atoms with van der Waals surface area (Å²) in [7, 11) is 1.35. The Labute approximate surface area is 63.7 Å². The molecule has 0 amide bonds. The third kappa shape index (κ3) is 2.33. The Bertz CT molecular complexity index is 220. The molecule has 0 unspecified atom stereocenters. The smallest absolute Gasteiger partial charge is 0.00170 e. The number of benzene rings is 1. The zero-order valence-electron chi connectivity index (χ0n) is 6.33. The second-order valence-electron chi connectivity index (χ2n) is 2.39. The summed E-state index contributed by atoms with van der Waals surface area (Å²) >= 11 is 0. The van der Waals surface area contributed by atoms with Gasteiger partial charge in [0.05, 0.1) is 0 Å². The Hall–Kier alpha value is -0.610. The molecule has 0 bridgehead atoms. The van der Waals surface area contributed by atoms with Crippen LogP contribution in [0.1, 0.15) is 13.8 Å². The normalized spacial score (nSPS) is 9.80. The minimum Gasteiger partial charge on any atom is -0.0699 e. The molecule has 0 spiro atoms. The van der Waals surface area contributed by atoms with Gasteiger partial charge in [0, 0.05) is 5.30 Å². The fraction of sp³-hybridized carbons (Fsp3) is 0.222. The van der Waals surface area contributed by atoms with Crippen LogP contribution in [0.2, 0.25) is 0 Å². The third-order valence-electron chi connectivity index (χ3n) is 1.11. The van der Waals surface area contributed by atoms with Gasteiger partial charge < -0.3 is 0 Å². The Kier molecular flexibility index (Phi) is 2.65. The van der Waals surface area contributed by atoms with Crippen molar-refractivity contribution in [1.82, 2.24) is 0 Å². The van der Waals surface area contributed by atoms with E-state index in [1.165, 1.54) is 18.8 Å². The first-order valence-electron chi connectivity index (χ1n) is 3.36. The van der Waals surface area contributed by atoms with Crippen LogP contribution in [0.3, 0.4) is 0 Å². The monoisotopic (exact) mass is 150 g/mol. The standard InChI is InChI=1S/C9H11P/c1-8(2)10-9-6-4-3-5-7-9/h3-7H,1-2H3. The first-order chi connectivity index (χ1) is 4.79. The Balaban J connectivity index is 2.87. The van der Waals surface area contributed by atoms with Gasteiger partial charge in [0.25, 0.3) is 0 Å². The predicted molar refractivity (Wildman–Crippen MR) is 49.4 cm³/mol. The van der Waals surface area contributed by atoms with E-state index in [2.05, 4.69) is 38.1 Å². The summed E-state index contributed by atoms with van der Waals surface area (Å²) in [5, 5.41) is 2.81. The summed E-state index contributed by atoms with van der Waals surface area (Å²) in [6.07, 6.45) is 0. The van der Waals surface area contributed by atoms with Crippen molar-refractivity contribution in [1.29, 1.82) is 0 Å². The van der Waals surface area contributed by atoms with E-state index in [1.807, 2.05) is 6.07 Å².